The fraction of sp³-hybridized carbons (Fsp3) is 0.455. The van der Waals surface area contributed by atoms with Gasteiger partial charge in [-0.15, -0.1) is 0 Å². The second-order valence-corrected chi connectivity index (χ2v) is 4.15. The minimum absolute atomic E-state index is 0.312. The molecule has 0 heterocycles. The summed E-state index contributed by atoms with van der Waals surface area (Å²) in [6.07, 6.45) is 2.07. The van der Waals surface area contributed by atoms with E-state index in [1.807, 2.05) is 6.07 Å². The van der Waals surface area contributed by atoms with Gasteiger partial charge in [0.15, 0.2) is 0 Å². The lowest BCUT2D eigenvalue weighted by molar-refractivity contribution is 0.410. The van der Waals surface area contributed by atoms with Gasteiger partial charge in [-0.1, -0.05) is 0 Å². The molecule has 0 aliphatic carbocycles. The number of phenolic OH excluding ortho intramolecular Hbond substituents is 1. The third-order valence-electron chi connectivity index (χ3n) is 2.09. The van der Waals surface area contributed by atoms with E-state index in [4.69, 9.17) is 4.74 Å². The smallest absolute Gasteiger partial charge is 0.120 e. The fourth-order valence-corrected chi connectivity index (χ4v) is 1.58. The molecule has 0 saturated carbocycles. The maximum atomic E-state index is 9.59. The molecule has 4 heteroatoms. The van der Waals surface area contributed by atoms with Gasteiger partial charge in [-0.05, 0) is 24.5 Å². The number of hydrogen-bond donors (Lipinski definition) is 2. The number of thioether (sulfide) groups is 1. The van der Waals surface area contributed by atoms with Gasteiger partial charge >= 0.3 is 0 Å². The molecule has 0 saturated heterocycles. The first-order chi connectivity index (χ1) is 7.27. The molecule has 0 spiro atoms. The third kappa shape index (κ3) is 4.01. The molecule has 0 unspecified atom stereocenters. The molecule has 0 amide bonds. The van der Waals surface area contributed by atoms with Crippen LogP contribution in [-0.4, -0.2) is 30.8 Å². The summed E-state index contributed by atoms with van der Waals surface area (Å²) in [6.45, 7) is 1.61. The highest BCUT2D eigenvalue weighted by molar-refractivity contribution is 7.98. The lowest BCUT2D eigenvalue weighted by atomic mass is 10.2. The second kappa shape index (κ2) is 6.58. The SMILES string of the molecule is COc1ccc(O)c(CNCCSC)c1. The summed E-state index contributed by atoms with van der Waals surface area (Å²) < 4.78 is 5.09. The van der Waals surface area contributed by atoms with Crippen molar-refractivity contribution < 1.29 is 9.84 Å². The quantitative estimate of drug-likeness (QED) is 0.728. The Labute approximate surface area is 94.8 Å². The Morgan fingerprint density at radius 2 is 2.27 bits per heavy atom. The molecule has 84 valence electrons. The van der Waals surface area contributed by atoms with Gasteiger partial charge in [0.1, 0.15) is 11.5 Å². The normalized spacial score (nSPS) is 10.3. The van der Waals surface area contributed by atoms with Gasteiger partial charge in [-0.2, -0.15) is 11.8 Å². The highest BCUT2D eigenvalue weighted by Gasteiger charge is 2.02. The predicted octanol–water partition coefficient (Wildman–Crippen LogP) is 1.85. The Kier molecular flexibility index (Phi) is 5.36. The summed E-state index contributed by atoms with van der Waals surface area (Å²) in [5, 5.41) is 12.8. The highest BCUT2D eigenvalue weighted by atomic mass is 32.2. The summed E-state index contributed by atoms with van der Waals surface area (Å²) in [5.74, 6) is 2.16. The van der Waals surface area contributed by atoms with Crippen LogP contribution in [0.3, 0.4) is 0 Å². The molecule has 0 aliphatic rings. The van der Waals surface area contributed by atoms with E-state index in [0.29, 0.717) is 12.3 Å². The number of methoxy groups -OCH3 is 1. The standard InChI is InChI=1S/C11H17NO2S/c1-14-10-3-4-11(13)9(7-10)8-12-5-6-15-2/h3-4,7,12-13H,5-6,8H2,1-2H3. The largest absolute Gasteiger partial charge is 0.508 e. The van der Waals surface area contributed by atoms with Crippen molar-refractivity contribution in [1.29, 1.82) is 0 Å². The Balaban J connectivity index is 2.51. The van der Waals surface area contributed by atoms with Gasteiger partial charge < -0.3 is 15.2 Å². The van der Waals surface area contributed by atoms with Gasteiger partial charge in [0.05, 0.1) is 7.11 Å². The van der Waals surface area contributed by atoms with Gasteiger partial charge in [0, 0.05) is 24.4 Å². The number of benzene rings is 1. The number of phenols is 1. The maximum absolute atomic E-state index is 9.59. The predicted molar refractivity (Wildman–Crippen MR) is 64.7 cm³/mol. The Hall–Kier alpha value is -0.870. The molecule has 3 nitrogen and oxygen atoms in total. The molecule has 0 radical (unpaired) electrons. The first-order valence-corrected chi connectivity index (χ1v) is 6.23. The minimum atomic E-state index is 0.312. The van der Waals surface area contributed by atoms with Crippen molar-refractivity contribution in [3.63, 3.8) is 0 Å². The zero-order chi connectivity index (χ0) is 11.1. The molecule has 2 N–H and O–H groups in total. The van der Waals surface area contributed by atoms with Crippen molar-refractivity contribution in [3.05, 3.63) is 23.8 Å². The van der Waals surface area contributed by atoms with Crippen LogP contribution in [0.25, 0.3) is 0 Å². The first-order valence-electron chi connectivity index (χ1n) is 4.83. The van der Waals surface area contributed by atoms with Crippen molar-refractivity contribution >= 4 is 11.8 Å². The monoisotopic (exact) mass is 227 g/mol. The van der Waals surface area contributed by atoms with Crippen LogP contribution in [0.1, 0.15) is 5.56 Å². The lowest BCUT2D eigenvalue weighted by Crippen LogP contribution is -2.16. The van der Waals surface area contributed by atoms with Crippen molar-refractivity contribution in [1.82, 2.24) is 5.32 Å². The molecule has 0 aromatic heterocycles. The van der Waals surface area contributed by atoms with Crippen molar-refractivity contribution in [2.24, 2.45) is 0 Å². The number of hydrogen-bond acceptors (Lipinski definition) is 4. The maximum Gasteiger partial charge on any atom is 0.120 e. The van der Waals surface area contributed by atoms with Crippen LogP contribution in [-0.2, 0) is 6.54 Å². The summed E-state index contributed by atoms with van der Waals surface area (Å²) in [4.78, 5) is 0. The van der Waals surface area contributed by atoms with E-state index in [1.54, 1.807) is 31.0 Å². The van der Waals surface area contributed by atoms with E-state index < -0.39 is 0 Å². The van der Waals surface area contributed by atoms with Gasteiger partial charge in [-0.25, -0.2) is 0 Å². The topological polar surface area (TPSA) is 41.5 Å². The van der Waals surface area contributed by atoms with Gasteiger partial charge in [0.25, 0.3) is 0 Å². The summed E-state index contributed by atoms with van der Waals surface area (Å²) >= 11 is 1.80. The minimum Gasteiger partial charge on any atom is -0.508 e. The molecule has 0 atom stereocenters. The van der Waals surface area contributed by atoms with Crippen LogP contribution in [0, 0.1) is 0 Å². The molecule has 1 aromatic rings. The second-order valence-electron chi connectivity index (χ2n) is 3.16. The summed E-state index contributed by atoms with van der Waals surface area (Å²) in [7, 11) is 1.62. The van der Waals surface area contributed by atoms with E-state index in [0.717, 1.165) is 23.6 Å². The van der Waals surface area contributed by atoms with Crippen LogP contribution < -0.4 is 10.1 Å². The number of aromatic hydroxyl groups is 1. The lowest BCUT2D eigenvalue weighted by Gasteiger charge is -2.08. The van der Waals surface area contributed by atoms with Gasteiger partial charge in [0.2, 0.25) is 0 Å². The molecule has 1 aromatic carbocycles. The van der Waals surface area contributed by atoms with E-state index in [2.05, 4.69) is 11.6 Å². The molecule has 1 rings (SSSR count). The molecular formula is C11H17NO2S. The fourth-order valence-electron chi connectivity index (χ4n) is 1.23. The molecular weight excluding hydrogens is 210 g/mol. The van der Waals surface area contributed by atoms with E-state index in [9.17, 15) is 5.11 Å². The molecule has 0 bridgehead atoms. The zero-order valence-corrected chi connectivity index (χ0v) is 9.93. The molecule has 0 fully saturated rings. The van der Waals surface area contributed by atoms with Crippen molar-refractivity contribution in [2.45, 2.75) is 6.54 Å². The first kappa shape index (κ1) is 12.2. The molecule has 0 aliphatic heterocycles. The van der Waals surface area contributed by atoms with Crippen LogP contribution >= 0.6 is 11.8 Å². The highest BCUT2D eigenvalue weighted by Crippen LogP contribution is 2.22. The average molecular weight is 227 g/mol. The van der Waals surface area contributed by atoms with Crippen LogP contribution in [0.5, 0.6) is 11.5 Å². The Morgan fingerprint density at radius 3 is 2.93 bits per heavy atom. The van der Waals surface area contributed by atoms with Crippen molar-refractivity contribution in [3.8, 4) is 11.5 Å². The van der Waals surface area contributed by atoms with Crippen LogP contribution in [0.15, 0.2) is 18.2 Å². The van der Waals surface area contributed by atoms with E-state index in [-0.39, 0.29) is 0 Å². The Bertz CT molecular complexity index is 305. The average Bonchev–Trinajstić information content (AvgIpc) is 2.26. The Morgan fingerprint density at radius 1 is 1.47 bits per heavy atom. The summed E-state index contributed by atoms with van der Waals surface area (Å²) in [5.41, 5.74) is 0.871. The van der Waals surface area contributed by atoms with Crippen LogP contribution in [0.4, 0.5) is 0 Å². The van der Waals surface area contributed by atoms with Crippen LogP contribution in [0.2, 0.25) is 0 Å². The zero-order valence-electron chi connectivity index (χ0n) is 9.12. The molecule has 15 heavy (non-hydrogen) atoms. The summed E-state index contributed by atoms with van der Waals surface area (Å²) in [6, 6.07) is 5.26. The third-order valence-corrected chi connectivity index (χ3v) is 2.70. The van der Waals surface area contributed by atoms with E-state index in [1.165, 1.54) is 0 Å². The number of nitrogens with one attached hydrogen (secondary N) is 1. The van der Waals surface area contributed by atoms with E-state index >= 15 is 0 Å². The van der Waals surface area contributed by atoms with Gasteiger partial charge in [-0.3, -0.25) is 0 Å². The number of ether oxygens (including phenoxy) is 1. The van der Waals surface area contributed by atoms with Crippen molar-refractivity contribution in [2.75, 3.05) is 25.7 Å². The number of rotatable bonds is 6.